The van der Waals surface area contributed by atoms with Crippen LogP contribution in [0.5, 0.6) is 0 Å². The Morgan fingerprint density at radius 3 is 2.13 bits per heavy atom. The topological polar surface area (TPSA) is 29.5 Å². The van der Waals surface area contributed by atoms with Gasteiger partial charge in [0.05, 0.1) is 12.2 Å². The lowest BCUT2D eigenvalue weighted by Gasteiger charge is -2.25. The van der Waals surface area contributed by atoms with Crippen molar-refractivity contribution >= 4 is 0 Å². The van der Waals surface area contributed by atoms with Crippen molar-refractivity contribution in [3.63, 3.8) is 0 Å². The van der Waals surface area contributed by atoms with Gasteiger partial charge in [-0.15, -0.1) is 0 Å². The highest BCUT2D eigenvalue weighted by atomic mass is 16.5. The molecule has 1 atom stereocenters. The summed E-state index contributed by atoms with van der Waals surface area (Å²) in [6.45, 7) is 4.73. The summed E-state index contributed by atoms with van der Waals surface area (Å²) < 4.78 is 5.04. The zero-order valence-corrected chi connectivity index (χ0v) is 10.7. The quantitative estimate of drug-likeness (QED) is 0.566. The molecule has 92 valence electrons. The van der Waals surface area contributed by atoms with Gasteiger partial charge in [-0.2, -0.15) is 0 Å². The summed E-state index contributed by atoms with van der Waals surface area (Å²) in [5.41, 5.74) is -0.584. The Labute approximate surface area is 95.0 Å². The smallest absolute Gasteiger partial charge is 0.0877 e. The van der Waals surface area contributed by atoms with Crippen LogP contribution < -0.4 is 0 Å². The molecule has 15 heavy (non-hydrogen) atoms. The monoisotopic (exact) mass is 216 g/mol. The molecule has 0 rings (SSSR count). The molecule has 0 aliphatic heterocycles. The van der Waals surface area contributed by atoms with Crippen LogP contribution >= 0.6 is 0 Å². The van der Waals surface area contributed by atoms with Crippen molar-refractivity contribution in [2.75, 3.05) is 13.7 Å². The number of aliphatic hydroxyl groups is 1. The number of methoxy groups -OCH3 is 1. The van der Waals surface area contributed by atoms with Gasteiger partial charge in [0, 0.05) is 7.11 Å². The molecule has 0 spiro atoms. The molecular weight excluding hydrogens is 188 g/mol. The van der Waals surface area contributed by atoms with Crippen LogP contribution in [0.4, 0.5) is 0 Å². The molecule has 0 saturated heterocycles. The van der Waals surface area contributed by atoms with E-state index in [1.54, 1.807) is 7.11 Å². The third kappa shape index (κ3) is 7.80. The Morgan fingerprint density at radius 1 is 1.00 bits per heavy atom. The number of hydrogen-bond acceptors (Lipinski definition) is 2. The van der Waals surface area contributed by atoms with Crippen LogP contribution in [0.1, 0.15) is 65.2 Å². The second-order valence-corrected chi connectivity index (χ2v) is 4.53. The van der Waals surface area contributed by atoms with Gasteiger partial charge in [-0.25, -0.2) is 0 Å². The first-order chi connectivity index (χ1) is 7.18. The summed E-state index contributed by atoms with van der Waals surface area (Å²) >= 11 is 0. The standard InChI is InChI=1S/C13H28O2/c1-4-6-7-8-9-10-11-13(14,5-2)12-15-3/h14H,4-12H2,1-3H3. The Morgan fingerprint density at radius 2 is 1.60 bits per heavy atom. The van der Waals surface area contributed by atoms with Gasteiger partial charge in [-0.3, -0.25) is 0 Å². The van der Waals surface area contributed by atoms with Crippen molar-refractivity contribution in [2.24, 2.45) is 0 Å². The Bertz CT molecular complexity index is 136. The molecule has 0 aromatic carbocycles. The molecule has 1 unspecified atom stereocenters. The fourth-order valence-corrected chi connectivity index (χ4v) is 1.85. The summed E-state index contributed by atoms with van der Waals surface area (Å²) in [5, 5.41) is 10.1. The van der Waals surface area contributed by atoms with E-state index in [0.29, 0.717) is 6.61 Å². The van der Waals surface area contributed by atoms with Crippen LogP contribution in [0.3, 0.4) is 0 Å². The fraction of sp³-hybridized carbons (Fsp3) is 1.00. The molecule has 0 amide bonds. The van der Waals surface area contributed by atoms with E-state index in [4.69, 9.17) is 4.74 Å². The van der Waals surface area contributed by atoms with E-state index in [1.807, 2.05) is 6.92 Å². The van der Waals surface area contributed by atoms with E-state index >= 15 is 0 Å². The van der Waals surface area contributed by atoms with Gasteiger partial charge in [0.15, 0.2) is 0 Å². The number of ether oxygens (including phenoxy) is 1. The summed E-state index contributed by atoms with van der Waals surface area (Å²) in [7, 11) is 1.65. The third-order valence-electron chi connectivity index (χ3n) is 3.07. The maximum absolute atomic E-state index is 10.1. The van der Waals surface area contributed by atoms with Crippen LogP contribution in [-0.4, -0.2) is 24.4 Å². The van der Waals surface area contributed by atoms with E-state index in [-0.39, 0.29) is 0 Å². The molecule has 0 fully saturated rings. The first-order valence-corrected chi connectivity index (χ1v) is 6.40. The van der Waals surface area contributed by atoms with Gasteiger partial charge < -0.3 is 9.84 Å². The molecule has 0 aliphatic rings. The fourth-order valence-electron chi connectivity index (χ4n) is 1.85. The van der Waals surface area contributed by atoms with Crippen molar-refractivity contribution in [2.45, 2.75) is 70.8 Å². The molecule has 2 heteroatoms. The summed E-state index contributed by atoms with van der Waals surface area (Å²) in [6, 6.07) is 0. The van der Waals surface area contributed by atoms with E-state index in [2.05, 4.69) is 6.92 Å². The zero-order chi connectivity index (χ0) is 11.6. The molecule has 0 aromatic rings. The predicted octanol–water partition coefficient (Wildman–Crippen LogP) is 3.52. The lowest BCUT2D eigenvalue weighted by atomic mass is 9.94. The minimum Gasteiger partial charge on any atom is -0.387 e. The molecule has 0 radical (unpaired) electrons. The second-order valence-electron chi connectivity index (χ2n) is 4.53. The average Bonchev–Trinajstić information content (AvgIpc) is 2.24. The van der Waals surface area contributed by atoms with Gasteiger partial charge in [0.1, 0.15) is 0 Å². The van der Waals surface area contributed by atoms with Crippen LogP contribution in [0, 0.1) is 0 Å². The second kappa shape index (κ2) is 9.17. The average molecular weight is 216 g/mol. The van der Waals surface area contributed by atoms with Crippen molar-refractivity contribution in [1.82, 2.24) is 0 Å². The zero-order valence-electron chi connectivity index (χ0n) is 10.7. The first-order valence-electron chi connectivity index (χ1n) is 6.40. The maximum atomic E-state index is 10.1. The highest BCUT2D eigenvalue weighted by Gasteiger charge is 2.23. The van der Waals surface area contributed by atoms with Crippen LogP contribution in [0.2, 0.25) is 0 Å². The molecule has 0 heterocycles. The van der Waals surface area contributed by atoms with Gasteiger partial charge >= 0.3 is 0 Å². The molecule has 0 aliphatic carbocycles. The largest absolute Gasteiger partial charge is 0.387 e. The molecule has 1 N–H and O–H groups in total. The van der Waals surface area contributed by atoms with Crippen molar-refractivity contribution in [3.05, 3.63) is 0 Å². The highest BCUT2D eigenvalue weighted by Crippen LogP contribution is 2.19. The van der Waals surface area contributed by atoms with Gasteiger partial charge in [-0.05, 0) is 12.8 Å². The molecule has 0 saturated carbocycles. The van der Waals surface area contributed by atoms with Gasteiger partial charge in [0.25, 0.3) is 0 Å². The molecule has 0 aromatic heterocycles. The minimum atomic E-state index is -0.584. The number of unbranched alkanes of at least 4 members (excludes halogenated alkanes) is 5. The molecule has 2 nitrogen and oxygen atoms in total. The van der Waals surface area contributed by atoms with E-state index in [9.17, 15) is 5.11 Å². The lowest BCUT2D eigenvalue weighted by molar-refractivity contribution is -0.0412. The Hall–Kier alpha value is -0.0800. The normalized spacial score (nSPS) is 15.2. The summed E-state index contributed by atoms with van der Waals surface area (Å²) in [5.74, 6) is 0. The van der Waals surface area contributed by atoms with Crippen molar-refractivity contribution in [1.29, 1.82) is 0 Å². The van der Waals surface area contributed by atoms with Gasteiger partial charge in [0.2, 0.25) is 0 Å². The maximum Gasteiger partial charge on any atom is 0.0877 e. The number of rotatable bonds is 10. The Kier molecular flexibility index (Phi) is 9.12. The number of hydrogen-bond donors (Lipinski definition) is 1. The van der Waals surface area contributed by atoms with Gasteiger partial charge in [-0.1, -0.05) is 52.4 Å². The summed E-state index contributed by atoms with van der Waals surface area (Å²) in [4.78, 5) is 0. The van der Waals surface area contributed by atoms with Crippen molar-refractivity contribution in [3.8, 4) is 0 Å². The van der Waals surface area contributed by atoms with E-state index in [1.165, 1.54) is 32.1 Å². The van der Waals surface area contributed by atoms with Crippen LogP contribution in [0.15, 0.2) is 0 Å². The molecule has 0 bridgehead atoms. The molecular formula is C13H28O2. The minimum absolute atomic E-state index is 0.471. The lowest BCUT2D eigenvalue weighted by Crippen LogP contribution is -2.33. The van der Waals surface area contributed by atoms with E-state index in [0.717, 1.165) is 19.3 Å². The Balaban J connectivity index is 3.46. The van der Waals surface area contributed by atoms with Crippen LogP contribution in [-0.2, 0) is 4.74 Å². The first kappa shape index (κ1) is 14.9. The SMILES string of the molecule is CCCCCCCCC(O)(CC)COC. The highest BCUT2D eigenvalue weighted by molar-refractivity contribution is 4.75. The van der Waals surface area contributed by atoms with Crippen molar-refractivity contribution < 1.29 is 9.84 Å². The predicted molar refractivity (Wildman–Crippen MR) is 65.1 cm³/mol. The van der Waals surface area contributed by atoms with E-state index < -0.39 is 5.60 Å². The van der Waals surface area contributed by atoms with Crippen LogP contribution in [0.25, 0.3) is 0 Å². The summed E-state index contributed by atoms with van der Waals surface area (Å²) in [6.07, 6.45) is 9.31. The third-order valence-corrected chi connectivity index (χ3v) is 3.07.